The van der Waals surface area contributed by atoms with Crippen molar-refractivity contribution in [3.63, 3.8) is 0 Å². The van der Waals surface area contributed by atoms with Gasteiger partial charge in [0.2, 0.25) is 5.75 Å². The predicted molar refractivity (Wildman–Crippen MR) is 95.9 cm³/mol. The topological polar surface area (TPSA) is 77.1 Å². The smallest absolute Gasteiger partial charge is 0.251 e. The first-order valence-corrected chi connectivity index (χ1v) is 7.99. The number of aromatic nitrogens is 3. The van der Waals surface area contributed by atoms with Crippen molar-refractivity contribution >= 4 is 23.2 Å². The number of ether oxygens (including phenoxy) is 2. The minimum atomic E-state index is -0.234. The van der Waals surface area contributed by atoms with Crippen molar-refractivity contribution in [1.82, 2.24) is 15.0 Å². The van der Waals surface area contributed by atoms with Crippen LogP contribution in [0.1, 0.15) is 5.56 Å². The van der Waals surface area contributed by atoms with Crippen molar-refractivity contribution < 1.29 is 9.47 Å². The van der Waals surface area contributed by atoms with Gasteiger partial charge in [0.1, 0.15) is 0 Å². The van der Waals surface area contributed by atoms with Crippen molar-refractivity contribution in [2.24, 2.45) is 0 Å². The first-order valence-electron chi connectivity index (χ1n) is 7.24. The van der Waals surface area contributed by atoms with Gasteiger partial charge in [0.25, 0.3) is 5.56 Å². The van der Waals surface area contributed by atoms with Gasteiger partial charge in [0, 0.05) is 17.3 Å². The van der Waals surface area contributed by atoms with E-state index in [1.54, 1.807) is 31.2 Å². The lowest BCUT2D eigenvalue weighted by Crippen LogP contribution is -2.10. The summed E-state index contributed by atoms with van der Waals surface area (Å²) in [4.78, 5) is 22.7. The molecule has 1 aromatic carbocycles. The normalized spacial score (nSPS) is 10.6. The van der Waals surface area contributed by atoms with Crippen LogP contribution >= 0.6 is 23.2 Å². The molecule has 25 heavy (non-hydrogen) atoms. The first-order chi connectivity index (χ1) is 12.0. The first kappa shape index (κ1) is 17.3. The molecule has 0 fully saturated rings. The molecule has 0 spiro atoms. The quantitative estimate of drug-likeness (QED) is 0.687. The Morgan fingerprint density at radius 2 is 1.68 bits per heavy atom. The zero-order chi connectivity index (χ0) is 18.0. The van der Waals surface area contributed by atoms with Crippen LogP contribution < -0.4 is 15.0 Å². The Kier molecular flexibility index (Phi) is 4.92. The highest BCUT2D eigenvalue weighted by atomic mass is 35.5. The minimum Gasteiger partial charge on any atom is -0.493 e. The summed E-state index contributed by atoms with van der Waals surface area (Å²) in [7, 11) is 1.53. The number of rotatable bonds is 4. The van der Waals surface area contributed by atoms with Gasteiger partial charge < -0.3 is 14.5 Å². The average Bonchev–Trinajstić information content (AvgIpc) is 2.60. The lowest BCUT2D eigenvalue weighted by Gasteiger charge is -2.12. The number of halogens is 2. The molecule has 8 heteroatoms. The molecule has 0 radical (unpaired) electrons. The minimum absolute atomic E-state index is 0.0283. The molecule has 2 aromatic heterocycles. The maximum absolute atomic E-state index is 11.7. The Balaban J connectivity index is 2.04. The predicted octanol–water partition coefficient (Wildman–Crippen LogP) is 4.25. The zero-order valence-corrected chi connectivity index (χ0v) is 14.9. The second-order valence-corrected chi connectivity index (χ2v) is 5.77. The van der Waals surface area contributed by atoms with Crippen LogP contribution in [0.15, 0.2) is 41.3 Å². The number of hydrogen-bond donors (Lipinski definition) is 1. The largest absolute Gasteiger partial charge is 0.493 e. The van der Waals surface area contributed by atoms with Crippen molar-refractivity contribution in [2.75, 3.05) is 7.11 Å². The molecule has 0 saturated heterocycles. The van der Waals surface area contributed by atoms with E-state index in [4.69, 9.17) is 32.7 Å². The van der Waals surface area contributed by atoms with Gasteiger partial charge in [-0.15, -0.1) is 0 Å². The third kappa shape index (κ3) is 3.45. The number of para-hydroxylation sites is 2. The summed E-state index contributed by atoms with van der Waals surface area (Å²) in [6.07, 6.45) is 1.51. The highest BCUT2D eigenvalue weighted by molar-refractivity contribution is 6.35. The molecule has 1 N–H and O–H groups in total. The van der Waals surface area contributed by atoms with E-state index in [0.29, 0.717) is 22.6 Å². The maximum atomic E-state index is 11.7. The van der Waals surface area contributed by atoms with Crippen LogP contribution in [0.4, 0.5) is 0 Å². The van der Waals surface area contributed by atoms with Crippen molar-refractivity contribution in [1.29, 1.82) is 0 Å². The van der Waals surface area contributed by atoms with E-state index >= 15 is 0 Å². The van der Waals surface area contributed by atoms with E-state index in [9.17, 15) is 4.79 Å². The highest BCUT2D eigenvalue weighted by Gasteiger charge is 2.18. The molecule has 3 aromatic rings. The molecule has 0 atom stereocenters. The third-order valence-electron chi connectivity index (χ3n) is 3.51. The van der Waals surface area contributed by atoms with Gasteiger partial charge in [-0.2, -0.15) is 0 Å². The van der Waals surface area contributed by atoms with Crippen LogP contribution in [0.25, 0.3) is 11.4 Å². The van der Waals surface area contributed by atoms with E-state index < -0.39 is 0 Å². The Hall–Kier alpha value is -2.57. The van der Waals surface area contributed by atoms with Crippen LogP contribution in [0.5, 0.6) is 17.2 Å². The fourth-order valence-corrected chi connectivity index (χ4v) is 2.68. The van der Waals surface area contributed by atoms with Crippen LogP contribution in [-0.2, 0) is 0 Å². The van der Waals surface area contributed by atoms with Crippen LogP contribution in [0.3, 0.4) is 0 Å². The van der Waals surface area contributed by atoms with Crippen LogP contribution in [-0.4, -0.2) is 22.1 Å². The number of benzene rings is 1. The van der Waals surface area contributed by atoms with Gasteiger partial charge >= 0.3 is 0 Å². The number of methoxy groups -OCH3 is 1. The monoisotopic (exact) mass is 377 g/mol. The molecular formula is C17H13Cl2N3O3. The molecule has 2 heterocycles. The van der Waals surface area contributed by atoms with Gasteiger partial charge in [0.15, 0.2) is 27.6 Å². The lowest BCUT2D eigenvalue weighted by atomic mass is 10.1. The molecule has 0 saturated carbocycles. The Bertz CT molecular complexity index is 966. The average molecular weight is 378 g/mol. The number of nitrogens with one attached hydrogen (secondary N) is 1. The maximum Gasteiger partial charge on any atom is 0.251 e. The number of H-pyrrole nitrogens is 1. The molecular weight excluding hydrogens is 365 g/mol. The fraction of sp³-hybridized carbons (Fsp3) is 0.118. The summed E-state index contributed by atoms with van der Waals surface area (Å²) in [6.45, 7) is 1.67. The van der Waals surface area contributed by atoms with E-state index in [2.05, 4.69) is 15.0 Å². The second kappa shape index (κ2) is 7.13. The summed E-state index contributed by atoms with van der Waals surface area (Å²) < 4.78 is 11.0. The summed E-state index contributed by atoms with van der Waals surface area (Å²) in [5.74, 6) is 1.30. The fourth-order valence-electron chi connectivity index (χ4n) is 2.21. The van der Waals surface area contributed by atoms with Crippen molar-refractivity contribution in [3.05, 3.63) is 62.8 Å². The molecule has 6 nitrogen and oxygen atoms in total. The van der Waals surface area contributed by atoms with Crippen molar-refractivity contribution in [3.8, 4) is 28.6 Å². The summed E-state index contributed by atoms with van der Waals surface area (Å²) in [6, 6.07) is 8.73. The molecule has 0 bridgehead atoms. The zero-order valence-electron chi connectivity index (χ0n) is 13.3. The Morgan fingerprint density at radius 3 is 2.32 bits per heavy atom. The number of hydrogen-bond acceptors (Lipinski definition) is 5. The van der Waals surface area contributed by atoms with Gasteiger partial charge in [-0.3, -0.25) is 4.79 Å². The lowest BCUT2D eigenvalue weighted by molar-refractivity contribution is 0.378. The second-order valence-electron chi connectivity index (χ2n) is 5.06. The molecule has 0 aliphatic rings. The van der Waals surface area contributed by atoms with E-state index in [-0.39, 0.29) is 27.4 Å². The Morgan fingerprint density at radius 1 is 1.04 bits per heavy atom. The van der Waals surface area contributed by atoms with Gasteiger partial charge in [-0.05, 0) is 25.1 Å². The molecule has 0 unspecified atom stereocenters. The Labute approximate surface area is 153 Å². The van der Waals surface area contributed by atoms with E-state index in [0.717, 1.165) is 0 Å². The van der Waals surface area contributed by atoms with Crippen LogP contribution in [0, 0.1) is 6.92 Å². The summed E-state index contributed by atoms with van der Waals surface area (Å²) in [5.41, 5.74) is 0.770. The molecule has 0 amide bonds. The van der Waals surface area contributed by atoms with Gasteiger partial charge in [0.05, 0.1) is 7.11 Å². The van der Waals surface area contributed by atoms with Crippen molar-refractivity contribution in [2.45, 2.75) is 6.92 Å². The van der Waals surface area contributed by atoms with Crippen LogP contribution in [0.2, 0.25) is 10.3 Å². The standard InChI is InChI=1S/C17H13Cl2N3O3/c1-9-10(7-8-20-17(9)23)16-21-14(18)13(15(19)22-16)25-12-6-4-3-5-11(12)24-2/h3-8H,1-2H3,(H,20,23). The molecule has 3 rings (SSSR count). The van der Waals surface area contributed by atoms with Gasteiger partial charge in [-0.1, -0.05) is 35.3 Å². The molecule has 128 valence electrons. The highest BCUT2D eigenvalue weighted by Crippen LogP contribution is 2.38. The third-order valence-corrected chi connectivity index (χ3v) is 4.03. The number of pyridine rings is 1. The van der Waals surface area contributed by atoms with Gasteiger partial charge in [-0.25, -0.2) is 9.97 Å². The molecule has 0 aliphatic carbocycles. The number of nitrogens with zero attached hydrogens (tertiary/aromatic N) is 2. The molecule has 0 aliphatic heterocycles. The summed E-state index contributed by atoms with van der Waals surface area (Å²) in [5, 5.41) is 0.0566. The van der Waals surface area contributed by atoms with E-state index in [1.807, 2.05) is 6.07 Å². The summed E-state index contributed by atoms with van der Waals surface area (Å²) >= 11 is 12.5. The number of aromatic amines is 1. The SMILES string of the molecule is COc1ccccc1Oc1c(Cl)nc(-c2cc[nH]c(=O)c2C)nc1Cl. The van der Waals surface area contributed by atoms with E-state index in [1.165, 1.54) is 13.3 Å².